The lowest BCUT2D eigenvalue weighted by atomic mass is 10.1. The van der Waals surface area contributed by atoms with E-state index in [9.17, 15) is 4.79 Å². The first-order chi connectivity index (χ1) is 12.6. The van der Waals surface area contributed by atoms with Gasteiger partial charge in [0.15, 0.2) is 0 Å². The number of pyridine rings is 1. The van der Waals surface area contributed by atoms with Gasteiger partial charge in [-0.25, -0.2) is 4.98 Å². The van der Waals surface area contributed by atoms with Gasteiger partial charge in [-0.2, -0.15) is 0 Å². The quantitative estimate of drug-likeness (QED) is 0.699. The first-order valence-electron chi connectivity index (χ1n) is 9.13. The molecule has 2 heterocycles. The summed E-state index contributed by atoms with van der Waals surface area (Å²) in [5.41, 5.74) is 10.5. The molecule has 0 unspecified atom stereocenters. The van der Waals surface area contributed by atoms with Gasteiger partial charge in [-0.05, 0) is 42.9 Å². The molecule has 4 rings (SSSR count). The Morgan fingerprint density at radius 3 is 2.77 bits per heavy atom. The molecule has 2 aromatic heterocycles. The van der Waals surface area contributed by atoms with E-state index in [0.717, 1.165) is 28.6 Å². The lowest BCUT2D eigenvalue weighted by Gasteiger charge is -2.16. The second-order valence-corrected chi connectivity index (χ2v) is 8.00. The monoisotopic (exact) mass is 365 g/mol. The van der Waals surface area contributed by atoms with Gasteiger partial charge in [0, 0.05) is 24.7 Å². The second-order valence-electron chi connectivity index (χ2n) is 7.00. The fraction of sp³-hybridized carbons (Fsp3) is 0.333. The smallest absolute Gasteiger partial charge is 0.266 e. The third kappa shape index (κ3) is 3.19. The molecule has 0 bridgehead atoms. The minimum Gasteiger partial charge on any atom is -0.397 e. The van der Waals surface area contributed by atoms with Crippen LogP contribution in [-0.4, -0.2) is 22.8 Å². The summed E-state index contributed by atoms with van der Waals surface area (Å²) in [7, 11) is 1.82. The highest BCUT2D eigenvalue weighted by molar-refractivity contribution is 7.21. The first-order valence-corrected chi connectivity index (χ1v) is 9.95. The maximum atomic E-state index is 12.9. The van der Waals surface area contributed by atoms with E-state index >= 15 is 0 Å². The summed E-state index contributed by atoms with van der Waals surface area (Å²) in [6.07, 6.45) is 5.74. The average molecular weight is 366 g/mol. The van der Waals surface area contributed by atoms with Crippen molar-refractivity contribution in [1.29, 1.82) is 0 Å². The zero-order chi connectivity index (χ0) is 18.1. The fourth-order valence-electron chi connectivity index (χ4n) is 3.60. The maximum Gasteiger partial charge on any atom is 0.266 e. The molecule has 0 aliphatic heterocycles. The van der Waals surface area contributed by atoms with Gasteiger partial charge in [-0.1, -0.05) is 36.8 Å². The van der Waals surface area contributed by atoms with Gasteiger partial charge < -0.3 is 10.6 Å². The molecule has 0 radical (unpaired) electrons. The van der Waals surface area contributed by atoms with E-state index in [1.807, 2.05) is 37.4 Å². The van der Waals surface area contributed by atoms with Crippen LogP contribution in [0.5, 0.6) is 0 Å². The van der Waals surface area contributed by atoms with Gasteiger partial charge >= 0.3 is 0 Å². The number of nitrogens with two attached hydrogens (primary N) is 1. The number of nitrogen functional groups attached to an aromatic ring is 1. The van der Waals surface area contributed by atoms with Crippen molar-refractivity contribution in [3.05, 3.63) is 58.1 Å². The predicted octanol–water partition coefficient (Wildman–Crippen LogP) is 4.42. The van der Waals surface area contributed by atoms with Crippen LogP contribution in [0.3, 0.4) is 0 Å². The molecule has 1 aromatic carbocycles. The molecule has 3 aromatic rings. The number of carbonyl (C=O) groups excluding carboxylic acids is 1. The van der Waals surface area contributed by atoms with Crippen LogP contribution in [0, 0.1) is 0 Å². The number of carbonyl (C=O) groups is 1. The van der Waals surface area contributed by atoms with E-state index in [4.69, 9.17) is 10.7 Å². The van der Waals surface area contributed by atoms with Crippen molar-refractivity contribution in [2.75, 3.05) is 12.8 Å². The largest absolute Gasteiger partial charge is 0.397 e. The molecule has 0 spiro atoms. The summed E-state index contributed by atoms with van der Waals surface area (Å²) in [5.74, 6) is -0.0375. The highest BCUT2D eigenvalue weighted by Crippen LogP contribution is 2.35. The third-order valence-corrected chi connectivity index (χ3v) is 6.16. The molecule has 4 nitrogen and oxygen atoms in total. The Hall–Kier alpha value is -2.40. The molecule has 1 aliphatic rings. The average Bonchev–Trinajstić information content (AvgIpc) is 2.82. The number of benzene rings is 1. The van der Waals surface area contributed by atoms with E-state index in [2.05, 4.69) is 6.07 Å². The van der Waals surface area contributed by atoms with Gasteiger partial charge in [0.05, 0.1) is 5.69 Å². The molecule has 1 amide bonds. The zero-order valence-electron chi connectivity index (χ0n) is 15.0. The number of hydrogen-bond donors (Lipinski definition) is 1. The van der Waals surface area contributed by atoms with E-state index in [0.29, 0.717) is 17.1 Å². The highest BCUT2D eigenvalue weighted by atomic mass is 32.1. The molecule has 2 N–H and O–H groups in total. The number of thiophene rings is 1. The minimum absolute atomic E-state index is 0.0375. The number of aryl methyl sites for hydroxylation is 2. The van der Waals surface area contributed by atoms with Crippen LogP contribution in [0.4, 0.5) is 5.69 Å². The van der Waals surface area contributed by atoms with E-state index in [1.54, 1.807) is 4.90 Å². The topological polar surface area (TPSA) is 59.2 Å². The number of anilines is 1. The molecule has 0 atom stereocenters. The first kappa shape index (κ1) is 17.0. The number of rotatable bonds is 3. The van der Waals surface area contributed by atoms with Crippen molar-refractivity contribution in [1.82, 2.24) is 9.88 Å². The molecule has 0 saturated heterocycles. The number of nitrogens with zero attached hydrogens (tertiary/aromatic N) is 2. The molecule has 0 fully saturated rings. The second kappa shape index (κ2) is 7.08. The van der Waals surface area contributed by atoms with Crippen LogP contribution in [0.25, 0.3) is 10.2 Å². The molecule has 0 saturated carbocycles. The summed E-state index contributed by atoms with van der Waals surface area (Å²) in [5, 5.41) is 0.937. The van der Waals surface area contributed by atoms with E-state index in [-0.39, 0.29) is 5.91 Å². The molecular weight excluding hydrogens is 342 g/mol. The standard InChI is InChI=1S/C21H23N3OS/c1-24(13-14-8-4-2-5-9-14)21(25)19-18(22)16-12-15-10-6-3-7-11-17(15)23-20(16)26-19/h2,4-5,8-9,12H,3,6-7,10-11,13,22H2,1H3. The summed E-state index contributed by atoms with van der Waals surface area (Å²) in [4.78, 5) is 21.0. The fourth-order valence-corrected chi connectivity index (χ4v) is 4.69. The van der Waals surface area contributed by atoms with Gasteiger partial charge in [0.2, 0.25) is 0 Å². The van der Waals surface area contributed by atoms with Gasteiger partial charge in [0.1, 0.15) is 9.71 Å². The van der Waals surface area contributed by atoms with Gasteiger partial charge in [-0.15, -0.1) is 11.3 Å². The van der Waals surface area contributed by atoms with Crippen LogP contribution in [0.15, 0.2) is 36.4 Å². The van der Waals surface area contributed by atoms with Crippen molar-refractivity contribution < 1.29 is 4.79 Å². The summed E-state index contributed by atoms with van der Waals surface area (Å²) >= 11 is 1.42. The van der Waals surface area contributed by atoms with Crippen LogP contribution < -0.4 is 5.73 Å². The van der Waals surface area contributed by atoms with Crippen LogP contribution in [0.2, 0.25) is 0 Å². The van der Waals surface area contributed by atoms with Gasteiger partial charge in [-0.3, -0.25) is 4.79 Å². The summed E-state index contributed by atoms with van der Waals surface area (Å²) < 4.78 is 0. The molecular formula is C21H23N3OS. The lowest BCUT2D eigenvalue weighted by Crippen LogP contribution is -2.26. The molecule has 1 aliphatic carbocycles. The van der Waals surface area contributed by atoms with Gasteiger partial charge in [0.25, 0.3) is 5.91 Å². The van der Waals surface area contributed by atoms with E-state index < -0.39 is 0 Å². The maximum absolute atomic E-state index is 12.9. The molecule has 134 valence electrons. The number of amides is 1. The van der Waals surface area contributed by atoms with Crippen LogP contribution in [0.1, 0.15) is 45.8 Å². The number of fused-ring (bicyclic) bond motifs is 2. The highest BCUT2D eigenvalue weighted by Gasteiger charge is 2.22. The van der Waals surface area contributed by atoms with Crippen molar-refractivity contribution in [3.63, 3.8) is 0 Å². The van der Waals surface area contributed by atoms with Crippen LogP contribution >= 0.6 is 11.3 Å². The Kier molecular flexibility index (Phi) is 4.64. The Morgan fingerprint density at radius 1 is 1.19 bits per heavy atom. The number of aromatic nitrogens is 1. The Bertz CT molecular complexity index is 949. The SMILES string of the molecule is CN(Cc1ccccc1)C(=O)c1sc2nc3c(cc2c1N)CCCCC3. The Labute approximate surface area is 157 Å². The predicted molar refractivity (Wildman–Crippen MR) is 108 cm³/mol. The van der Waals surface area contributed by atoms with E-state index in [1.165, 1.54) is 41.9 Å². The van der Waals surface area contributed by atoms with Crippen molar-refractivity contribution in [2.45, 2.75) is 38.6 Å². The Balaban J connectivity index is 1.65. The minimum atomic E-state index is -0.0375. The lowest BCUT2D eigenvalue weighted by molar-refractivity contribution is 0.0791. The van der Waals surface area contributed by atoms with Crippen LogP contribution in [-0.2, 0) is 19.4 Å². The van der Waals surface area contributed by atoms with Crippen molar-refractivity contribution in [2.24, 2.45) is 0 Å². The normalized spacial score (nSPS) is 14.0. The summed E-state index contributed by atoms with van der Waals surface area (Å²) in [6.45, 7) is 0.567. The molecule has 26 heavy (non-hydrogen) atoms. The van der Waals surface area contributed by atoms with Crippen molar-refractivity contribution >= 4 is 33.1 Å². The molecule has 5 heteroatoms. The zero-order valence-corrected chi connectivity index (χ0v) is 15.8. The summed E-state index contributed by atoms with van der Waals surface area (Å²) in [6, 6.07) is 12.2. The number of hydrogen-bond acceptors (Lipinski definition) is 4. The third-order valence-electron chi connectivity index (χ3n) is 5.05. The van der Waals surface area contributed by atoms with Crippen molar-refractivity contribution in [3.8, 4) is 0 Å². The Morgan fingerprint density at radius 2 is 1.96 bits per heavy atom.